The van der Waals surface area contributed by atoms with Gasteiger partial charge in [0.05, 0.1) is 12.5 Å². The number of para-hydroxylation sites is 1. The predicted octanol–water partition coefficient (Wildman–Crippen LogP) is 1.49. The molecule has 0 saturated carbocycles. The van der Waals surface area contributed by atoms with Gasteiger partial charge in [-0.25, -0.2) is 5.01 Å². The van der Waals surface area contributed by atoms with Crippen molar-refractivity contribution in [2.24, 2.45) is 5.10 Å². The van der Waals surface area contributed by atoms with Crippen LogP contribution in [0.4, 0.5) is 5.69 Å². The normalized spacial score (nSPS) is 16.0. The quantitative estimate of drug-likeness (QED) is 0.801. The third kappa shape index (κ3) is 2.84. The summed E-state index contributed by atoms with van der Waals surface area (Å²) in [7, 11) is 0. The lowest BCUT2D eigenvalue weighted by Gasteiger charge is -2.30. The van der Waals surface area contributed by atoms with Gasteiger partial charge in [0, 0.05) is 5.69 Å². The van der Waals surface area contributed by atoms with Crippen LogP contribution >= 0.6 is 0 Å². The van der Waals surface area contributed by atoms with Crippen LogP contribution in [-0.2, 0) is 9.59 Å². The first-order valence-corrected chi connectivity index (χ1v) is 6.47. The summed E-state index contributed by atoms with van der Waals surface area (Å²) in [5, 5.41) is 5.16. The number of hydrazone groups is 1. The summed E-state index contributed by atoms with van der Waals surface area (Å²) in [6.45, 7) is -0.0940. The highest BCUT2D eigenvalue weighted by Gasteiger charge is 2.30. The Morgan fingerprint density at radius 1 is 1.00 bits per heavy atom. The van der Waals surface area contributed by atoms with E-state index in [2.05, 4.69) is 5.10 Å². The lowest BCUT2D eigenvalue weighted by molar-refractivity contribution is -0.138. The highest BCUT2D eigenvalue weighted by molar-refractivity contribution is 6.04. The Morgan fingerprint density at radius 3 is 2.52 bits per heavy atom. The molecule has 2 amide bonds. The van der Waals surface area contributed by atoms with Gasteiger partial charge >= 0.3 is 0 Å². The highest BCUT2D eigenvalue weighted by Crippen LogP contribution is 2.17. The molecule has 1 saturated heterocycles. The van der Waals surface area contributed by atoms with Gasteiger partial charge in [0.15, 0.2) is 0 Å². The number of piperazine rings is 1. The van der Waals surface area contributed by atoms with Crippen LogP contribution < -0.4 is 4.90 Å². The van der Waals surface area contributed by atoms with Gasteiger partial charge < -0.3 is 9.32 Å². The number of hydrogen-bond donors (Lipinski definition) is 0. The number of hydrogen-bond acceptors (Lipinski definition) is 4. The van der Waals surface area contributed by atoms with Gasteiger partial charge in [-0.1, -0.05) is 18.2 Å². The van der Waals surface area contributed by atoms with Crippen LogP contribution in [0.25, 0.3) is 0 Å². The fourth-order valence-corrected chi connectivity index (χ4v) is 2.05. The molecule has 6 heteroatoms. The molecular weight excluding hydrogens is 270 g/mol. The minimum atomic E-state index is -0.235. The Kier molecular flexibility index (Phi) is 3.51. The van der Waals surface area contributed by atoms with E-state index in [1.165, 1.54) is 17.4 Å². The zero-order valence-electron chi connectivity index (χ0n) is 11.2. The van der Waals surface area contributed by atoms with E-state index >= 15 is 0 Å². The van der Waals surface area contributed by atoms with E-state index in [1.807, 2.05) is 18.2 Å². The molecule has 1 aromatic heterocycles. The summed E-state index contributed by atoms with van der Waals surface area (Å²) >= 11 is 0. The van der Waals surface area contributed by atoms with Crippen molar-refractivity contribution in [1.82, 2.24) is 5.01 Å². The molecule has 6 nitrogen and oxygen atoms in total. The van der Waals surface area contributed by atoms with E-state index in [4.69, 9.17) is 4.42 Å². The fourth-order valence-electron chi connectivity index (χ4n) is 2.05. The van der Waals surface area contributed by atoms with Crippen molar-refractivity contribution in [3.8, 4) is 0 Å². The van der Waals surface area contributed by atoms with Crippen molar-refractivity contribution in [2.75, 3.05) is 18.0 Å². The monoisotopic (exact) mass is 283 g/mol. The van der Waals surface area contributed by atoms with Crippen molar-refractivity contribution >= 4 is 23.7 Å². The fraction of sp³-hybridized carbons (Fsp3) is 0.133. The maximum absolute atomic E-state index is 12.1. The standard InChI is InChI=1S/C15H13N3O3/c19-14-11-18(16-9-13-7-4-8-21-13)15(20)10-17(14)12-5-2-1-3-6-12/h1-9H,10-11H2/b16-9+. The molecule has 0 atom stereocenters. The van der Waals surface area contributed by atoms with Crippen LogP contribution in [0.15, 0.2) is 58.2 Å². The summed E-state index contributed by atoms with van der Waals surface area (Å²) in [6, 6.07) is 12.6. The molecule has 0 N–H and O–H groups in total. The number of rotatable bonds is 3. The third-order valence-electron chi connectivity index (χ3n) is 3.10. The minimum absolute atomic E-state index is 0.0155. The molecule has 2 heterocycles. The van der Waals surface area contributed by atoms with Crippen molar-refractivity contribution in [3.63, 3.8) is 0 Å². The minimum Gasteiger partial charge on any atom is -0.463 e. The molecule has 3 rings (SSSR count). The first-order chi connectivity index (χ1) is 10.2. The Labute approximate surface area is 121 Å². The molecule has 1 aromatic carbocycles. The SMILES string of the molecule is O=C1CN(c2ccccc2)C(=O)CN1/N=C/c1ccco1. The van der Waals surface area contributed by atoms with Crippen molar-refractivity contribution in [3.05, 3.63) is 54.5 Å². The Balaban J connectivity index is 1.73. The molecule has 1 fully saturated rings. The molecule has 0 bridgehead atoms. The van der Waals surface area contributed by atoms with Crippen LogP contribution in [0.2, 0.25) is 0 Å². The van der Waals surface area contributed by atoms with Gasteiger partial charge in [0.25, 0.3) is 5.91 Å². The molecule has 1 aliphatic rings. The van der Waals surface area contributed by atoms with E-state index < -0.39 is 0 Å². The van der Waals surface area contributed by atoms with E-state index in [-0.39, 0.29) is 24.9 Å². The molecular formula is C15H13N3O3. The highest BCUT2D eigenvalue weighted by atomic mass is 16.3. The van der Waals surface area contributed by atoms with Crippen molar-refractivity contribution < 1.29 is 14.0 Å². The lowest BCUT2D eigenvalue weighted by Crippen LogP contribution is -2.52. The number of benzene rings is 1. The molecule has 2 aromatic rings. The number of carbonyl (C=O) groups is 2. The Bertz CT molecular complexity index is 665. The van der Waals surface area contributed by atoms with Crippen LogP contribution in [0, 0.1) is 0 Å². The predicted molar refractivity (Wildman–Crippen MR) is 76.8 cm³/mol. The van der Waals surface area contributed by atoms with E-state index in [9.17, 15) is 9.59 Å². The zero-order valence-corrected chi connectivity index (χ0v) is 11.2. The average Bonchev–Trinajstić information content (AvgIpc) is 3.02. The number of carbonyl (C=O) groups excluding carboxylic acids is 2. The van der Waals surface area contributed by atoms with Crippen LogP contribution in [0.1, 0.15) is 5.76 Å². The second kappa shape index (κ2) is 5.62. The molecule has 21 heavy (non-hydrogen) atoms. The summed E-state index contributed by atoms with van der Waals surface area (Å²) in [5.74, 6) is 0.124. The third-order valence-corrected chi connectivity index (χ3v) is 3.10. The Morgan fingerprint density at radius 2 is 1.81 bits per heavy atom. The maximum atomic E-state index is 12.1. The van der Waals surface area contributed by atoms with Crippen molar-refractivity contribution in [1.29, 1.82) is 0 Å². The summed E-state index contributed by atoms with van der Waals surface area (Å²) in [6.07, 6.45) is 2.94. The first-order valence-electron chi connectivity index (χ1n) is 6.47. The summed E-state index contributed by atoms with van der Waals surface area (Å²) < 4.78 is 5.09. The number of nitrogens with zero attached hydrogens (tertiary/aromatic N) is 3. The first kappa shape index (κ1) is 13.1. The van der Waals surface area contributed by atoms with Gasteiger partial charge in [-0.2, -0.15) is 5.10 Å². The molecule has 1 aliphatic heterocycles. The molecule has 106 valence electrons. The lowest BCUT2D eigenvalue weighted by atomic mass is 10.2. The molecule has 0 aliphatic carbocycles. The average molecular weight is 283 g/mol. The smallest absolute Gasteiger partial charge is 0.263 e. The topological polar surface area (TPSA) is 66.1 Å². The van der Waals surface area contributed by atoms with Crippen LogP contribution in [0.3, 0.4) is 0 Å². The second-order valence-corrected chi connectivity index (χ2v) is 4.53. The summed E-state index contributed by atoms with van der Waals surface area (Å²) in [4.78, 5) is 25.7. The van der Waals surface area contributed by atoms with Gasteiger partial charge in [-0.15, -0.1) is 0 Å². The van der Waals surface area contributed by atoms with Crippen molar-refractivity contribution in [2.45, 2.75) is 0 Å². The van der Waals surface area contributed by atoms with Gasteiger partial charge in [-0.3, -0.25) is 9.59 Å². The van der Waals surface area contributed by atoms with E-state index in [0.29, 0.717) is 11.4 Å². The van der Waals surface area contributed by atoms with E-state index in [1.54, 1.807) is 24.3 Å². The number of anilines is 1. The van der Waals surface area contributed by atoms with Crippen LogP contribution in [0.5, 0.6) is 0 Å². The van der Waals surface area contributed by atoms with Crippen LogP contribution in [-0.4, -0.2) is 36.1 Å². The van der Waals surface area contributed by atoms with Gasteiger partial charge in [0.2, 0.25) is 5.91 Å². The number of amides is 2. The molecule has 0 radical (unpaired) electrons. The van der Waals surface area contributed by atoms with E-state index in [0.717, 1.165) is 5.01 Å². The summed E-state index contributed by atoms with van der Waals surface area (Å²) in [5.41, 5.74) is 0.713. The molecule has 0 unspecified atom stereocenters. The second-order valence-electron chi connectivity index (χ2n) is 4.53. The Hall–Kier alpha value is -2.89. The van der Waals surface area contributed by atoms with Gasteiger partial charge in [-0.05, 0) is 24.3 Å². The maximum Gasteiger partial charge on any atom is 0.263 e. The zero-order chi connectivity index (χ0) is 14.7. The molecule has 0 spiro atoms. The van der Waals surface area contributed by atoms with Gasteiger partial charge in [0.1, 0.15) is 18.8 Å². The number of furan rings is 1. The largest absolute Gasteiger partial charge is 0.463 e.